The van der Waals surface area contributed by atoms with Gasteiger partial charge in [0.05, 0.1) is 0 Å². The van der Waals surface area contributed by atoms with Crippen LogP contribution in [0.5, 0.6) is 0 Å². The molecule has 0 aliphatic carbocycles. The normalized spacial score (nSPS) is 15.7. The predicted octanol–water partition coefficient (Wildman–Crippen LogP) is 4.98. The van der Waals surface area contributed by atoms with E-state index in [1.165, 1.54) is 0 Å². The van der Waals surface area contributed by atoms with Crippen LogP contribution in [-0.2, 0) is 4.74 Å². The van der Waals surface area contributed by atoms with Crippen LogP contribution < -0.4 is 0 Å². The third-order valence-electron chi connectivity index (χ3n) is 5.19. The quantitative estimate of drug-likeness (QED) is 0.617. The zero-order valence-corrected chi connectivity index (χ0v) is 17.6. The Bertz CT molecular complexity index is 1010. The van der Waals surface area contributed by atoms with Crippen molar-refractivity contribution in [3.05, 3.63) is 48.2 Å². The number of nitrogens with zero attached hydrogens (tertiary/aromatic N) is 4. The van der Waals surface area contributed by atoms with Crippen molar-refractivity contribution in [2.45, 2.75) is 52.2 Å². The molecule has 29 heavy (non-hydrogen) atoms. The molecular formula is C23H28N4O2. The lowest BCUT2D eigenvalue weighted by Crippen LogP contribution is -2.42. The van der Waals surface area contributed by atoms with Crippen molar-refractivity contribution in [2.24, 2.45) is 0 Å². The summed E-state index contributed by atoms with van der Waals surface area (Å²) in [5.74, 6) is 0.939. The molecule has 1 aliphatic rings. The summed E-state index contributed by atoms with van der Waals surface area (Å²) in [6, 6.07) is 14.5. The molecule has 6 nitrogen and oxygen atoms in total. The Labute approximate surface area is 171 Å². The van der Waals surface area contributed by atoms with Crippen molar-refractivity contribution in [1.82, 2.24) is 19.4 Å². The van der Waals surface area contributed by atoms with Crippen molar-refractivity contribution in [1.29, 1.82) is 0 Å². The smallest absolute Gasteiger partial charge is 0.410 e. The zero-order chi connectivity index (χ0) is 20.6. The second kappa shape index (κ2) is 7.50. The van der Waals surface area contributed by atoms with Gasteiger partial charge in [0.25, 0.3) is 0 Å². The molecule has 0 radical (unpaired) electrons. The highest BCUT2D eigenvalue weighted by Gasteiger charge is 2.30. The Hall–Kier alpha value is -2.89. The molecule has 0 N–H and O–H groups in total. The Morgan fingerprint density at radius 2 is 1.72 bits per heavy atom. The van der Waals surface area contributed by atoms with Gasteiger partial charge in [0.2, 0.25) is 0 Å². The fourth-order valence-corrected chi connectivity index (χ4v) is 3.84. The van der Waals surface area contributed by atoms with Gasteiger partial charge in [-0.25, -0.2) is 14.8 Å². The van der Waals surface area contributed by atoms with E-state index in [0.29, 0.717) is 13.1 Å². The number of hydrogen-bond acceptors (Lipinski definition) is 4. The van der Waals surface area contributed by atoms with Crippen LogP contribution in [0.2, 0.25) is 0 Å². The van der Waals surface area contributed by atoms with Gasteiger partial charge in [0.15, 0.2) is 5.65 Å². The lowest BCUT2D eigenvalue weighted by Gasteiger charge is -2.34. The number of imidazole rings is 1. The van der Waals surface area contributed by atoms with Gasteiger partial charge in [0, 0.05) is 30.4 Å². The van der Waals surface area contributed by atoms with E-state index >= 15 is 0 Å². The maximum atomic E-state index is 12.4. The summed E-state index contributed by atoms with van der Waals surface area (Å²) in [4.78, 5) is 23.9. The van der Waals surface area contributed by atoms with Gasteiger partial charge in [-0.05, 0) is 52.7 Å². The summed E-state index contributed by atoms with van der Waals surface area (Å²) in [6.45, 7) is 9.03. The van der Waals surface area contributed by atoms with Gasteiger partial charge in [-0.1, -0.05) is 30.3 Å². The Kier molecular flexibility index (Phi) is 5.03. The van der Waals surface area contributed by atoms with Gasteiger partial charge in [0.1, 0.15) is 16.9 Å². The number of amides is 1. The molecule has 152 valence electrons. The number of hydrogen-bond donors (Lipinski definition) is 0. The van der Waals surface area contributed by atoms with Crippen molar-refractivity contribution in [3.8, 4) is 11.4 Å². The summed E-state index contributed by atoms with van der Waals surface area (Å²) in [5, 5.41) is 0. The van der Waals surface area contributed by atoms with E-state index in [2.05, 4.69) is 16.7 Å². The molecule has 2 aromatic heterocycles. The number of carbonyl (C=O) groups is 1. The van der Waals surface area contributed by atoms with E-state index in [0.717, 1.165) is 41.1 Å². The second-order valence-corrected chi connectivity index (χ2v) is 8.67. The molecule has 1 aliphatic heterocycles. The van der Waals surface area contributed by atoms with Gasteiger partial charge >= 0.3 is 6.09 Å². The number of rotatable bonds is 2. The molecule has 3 heterocycles. The van der Waals surface area contributed by atoms with E-state index in [9.17, 15) is 4.79 Å². The summed E-state index contributed by atoms with van der Waals surface area (Å²) < 4.78 is 7.81. The highest BCUT2D eigenvalue weighted by molar-refractivity contribution is 5.77. The highest BCUT2D eigenvalue weighted by atomic mass is 16.6. The van der Waals surface area contributed by atoms with Crippen LogP contribution >= 0.6 is 0 Å². The first-order valence-corrected chi connectivity index (χ1v) is 10.2. The van der Waals surface area contributed by atoms with Crippen LogP contribution in [0.1, 0.15) is 45.3 Å². The standard InChI is InChI=1S/C23H28N4O2/c1-16-10-11-19-21(24-16)27(20(25-19)17-8-6-5-7-9-17)18-12-14-26(15-13-18)22(28)29-23(2,3)4/h5-11,18H,12-15H2,1-4H3. The van der Waals surface area contributed by atoms with Gasteiger partial charge in [-0.2, -0.15) is 0 Å². The number of carbonyl (C=O) groups excluding carboxylic acids is 1. The molecule has 0 bridgehead atoms. The minimum absolute atomic E-state index is 0.233. The van der Waals surface area contributed by atoms with E-state index in [4.69, 9.17) is 14.7 Å². The topological polar surface area (TPSA) is 60.2 Å². The van der Waals surface area contributed by atoms with Crippen molar-refractivity contribution in [2.75, 3.05) is 13.1 Å². The third-order valence-corrected chi connectivity index (χ3v) is 5.19. The van der Waals surface area contributed by atoms with Gasteiger partial charge in [-0.15, -0.1) is 0 Å². The first-order valence-electron chi connectivity index (χ1n) is 10.2. The Morgan fingerprint density at radius 3 is 2.38 bits per heavy atom. The minimum Gasteiger partial charge on any atom is -0.444 e. The summed E-state index contributed by atoms with van der Waals surface area (Å²) in [6.07, 6.45) is 1.46. The lowest BCUT2D eigenvalue weighted by atomic mass is 10.0. The number of pyridine rings is 1. The zero-order valence-electron chi connectivity index (χ0n) is 17.6. The monoisotopic (exact) mass is 392 g/mol. The molecule has 1 aromatic carbocycles. The number of aryl methyl sites for hydroxylation is 1. The molecule has 1 saturated heterocycles. The predicted molar refractivity (Wildman–Crippen MR) is 114 cm³/mol. The molecular weight excluding hydrogens is 364 g/mol. The van der Waals surface area contributed by atoms with Crippen LogP contribution in [0.4, 0.5) is 4.79 Å². The molecule has 0 atom stereocenters. The fourth-order valence-electron chi connectivity index (χ4n) is 3.84. The summed E-state index contributed by atoms with van der Waals surface area (Å²) >= 11 is 0. The average Bonchev–Trinajstić information content (AvgIpc) is 3.06. The van der Waals surface area contributed by atoms with Crippen molar-refractivity contribution < 1.29 is 9.53 Å². The van der Waals surface area contributed by atoms with Crippen molar-refractivity contribution in [3.63, 3.8) is 0 Å². The summed E-state index contributed by atoms with van der Waals surface area (Å²) in [5.41, 5.74) is 3.40. The maximum absolute atomic E-state index is 12.4. The summed E-state index contributed by atoms with van der Waals surface area (Å²) in [7, 11) is 0. The first kappa shape index (κ1) is 19.4. The minimum atomic E-state index is -0.476. The van der Waals surface area contributed by atoms with E-state index in [-0.39, 0.29) is 12.1 Å². The largest absolute Gasteiger partial charge is 0.444 e. The highest BCUT2D eigenvalue weighted by Crippen LogP contribution is 2.33. The molecule has 0 unspecified atom stereocenters. The van der Waals surface area contributed by atoms with Crippen LogP contribution in [0.25, 0.3) is 22.6 Å². The number of benzene rings is 1. The molecule has 3 aromatic rings. The Balaban J connectivity index is 1.64. The average molecular weight is 393 g/mol. The van der Waals surface area contributed by atoms with Crippen LogP contribution in [-0.4, -0.2) is 44.2 Å². The van der Waals surface area contributed by atoms with Gasteiger partial charge in [-0.3, -0.25) is 0 Å². The van der Waals surface area contributed by atoms with E-state index < -0.39 is 5.60 Å². The number of piperidine rings is 1. The van der Waals surface area contributed by atoms with Crippen molar-refractivity contribution >= 4 is 17.3 Å². The number of aromatic nitrogens is 3. The molecule has 6 heteroatoms. The molecule has 1 fully saturated rings. The Morgan fingerprint density at radius 1 is 1.03 bits per heavy atom. The fraction of sp³-hybridized carbons (Fsp3) is 0.435. The third kappa shape index (κ3) is 4.11. The maximum Gasteiger partial charge on any atom is 0.410 e. The number of ether oxygens (including phenoxy) is 1. The van der Waals surface area contributed by atoms with Gasteiger partial charge < -0.3 is 14.2 Å². The molecule has 4 rings (SSSR count). The first-order chi connectivity index (χ1) is 13.8. The van der Waals surface area contributed by atoms with Crippen LogP contribution in [0.15, 0.2) is 42.5 Å². The number of fused-ring (bicyclic) bond motifs is 1. The van der Waals surface area contributed by atoms with Crippen LogP contribution in [0, 0.1) is 6.92 Å². The van der Waals surface area contributed by atoms with Crippen LogP contribution in [0.3, 0.4) is 0 Å². The SMILES string of the molecule is Cc1ccc2nc(-c3ccccc3)n(C3CCN(C(=O)OC(C)(C)C)CC3)c2n1. The van der Waals surface area contributed by atoms with E-state index in [1.807, 2.05) is 62.9 Å². The second-order valence-electron chi connectivity index (χ2n) is 8.67. The lowest BCUT2D eigenvalue weighted by molar-refractivity contribution is 0.0190. The molecule has 1 amide bonds. The number of likely N-dealkylation sites (tertiary alicyclic amines) is 1. The van der Waals surface area contributed by atoms with E-state index in [1.54, 1.807) is 0 Å². The molecule has 0 spiro atoms. The molecule has 0 saturated carbocycles.